The lowest BCUT2D eigenvalue weighted by Crippen LogP contribution is -2.11. The van der Waals surface area contributed by atoms with Crippen molar-refractivity contribution in [2.45, 2.75) is 12.2 Å². The minimum Gasteiger partial charge on any atom is -0.496 e. The number of hydrogen-bond acceptors (Lipinski definition) is 6. The monoisotopic (exact) mass is 459 g/mol. The fraction of sp³-hybridized carbons (Fsp3) is 0.222. The number of rotatable bonds is 8. The Labute approximate surface area is 197 Å². The molecular formula is C27H25NO6. The van der Waals surface area contributed by atoms with E-state index in [0.29, 0.717) is 34.1 Å². The molecule has 174 valence electrons. The van der Waals surface area contributed by atoms with E-state index in [1.165, 1.54) is 7.11 Å². The predicted molar refractivity (Wildman–Crippen MR) is 128 cm³/mol. The van der Waals surface area contributed by atoms with Crippen LogP contribution in [0, 0.1) is 0 Å². The summed E-state index contributed by atoms with van der Waals surface area (Å²) in [6.45, 7) is 0. The van der Waals surface area contributed by atoms with Gasteiger partial charge in [0.2, 0.25) is 0 Å². The number of ketones is 1. The highest BCUT2D eigenvalue weighted by atomic mass is 16.6. The third-order valence-corrected chi connectivity index (χ3v) is 6.14. The number of epoxide rings is 1. The van der Waals surface area contributed by atoms with E-state index in [2.05, 4.69) is 4.98 Å². The quantitative estimate of drug-likeness (QED) is 0.288. The third-order valence-electron chi connectivity index (χ3n) is 6.14. The maximum atomic E-state index is 13.7. The van der Waals surface area contributed by atoms with Gasteiger partial charge in [0.15, 0.2) is 23.4 Å². The molecule has 0 spiro atoms. The molecule has 3 aromatic carbocycles. The van der Waals surface area contributed by atoms with E-state index in [1.807, 2.05) is 48.7 Å². The number of H-pyrrole nitrogens is 1. The maximum Gasteiger partial charge on any atom is 0.200 e. The number of aromatic amines is 1. The number of fused-ring (bicyclic) bond motifs is 1. The minimum atomic E-state index is -0.632. The number of aromatic nitrogens is 1. The first kappa shape index (κ1) is 21.9. The van der Waals surface area contributed by atoms with Crippen molar-refractivity contribution < 1.29 is 28.5 Å². The van der Waals surface area contributed by atoms with E-state index in [9.17, 15) is 4.79 Å². The lowest BCUT2D eigenvalue weighted by Gasteiger charge is -2.13. The lowest BCUT2D eigenvalue weighted by atomic mass is 9.97. The number of Topliss-reactive ketones (excluding diaryl/α,β-unsaturated/α-hetero) is 1. The number of ether oxygens (including phenoxy) is 5. The summed E-state index contributed by atoms with van der Waals surface area (Å²) < 4.78 is 27.8. The Bertz CT molecular complexity index is 1360. The largest absolute Gasteiger partial charge is 0.496 e. The van der Waals surface area contributed by atoms with Gasteiger partial charge in [-0.1, -0.05) is 36.4 Å². The van der Waals surface area contributed by atoms with E-state index < -0.39 is 6.10 Å². The Hall–Kier alpha value is -3.97. The predicted octanol–water partition coefficient (Wildman–Crippen LogP) is 5.19. The summed E-state index contributed by atoms with van der Waals surface area (Å²) in [5, 5.41) is 0.821. The van der Waals surface area contributed by atoms with Gasteiger partial charge >= 0.3 is 0 Å². The molecule has 2 heterocycles. The summed E-state index contributed by atoms with van der Waals surface area (Å²) in [7, 11) is 6.30. The number of carbonyl (C=O) groups excluding carboxylic acids is 1. The van der Waals surface area contributed by atoms with Crippen LogP contribution in [0.25, 0.3) is 22.0 Å². The van der Waals surface area contributed by atoms with Crippen molar-refractivity contribution in [3.63, 3.8) is 0 Å². The Kier molecular flexibility index (Phi) is 5.63. The molecule has 1 saturated heterocycles. The molecule has 5 rings (SSSR count). The average Bonchev–Trinajstić information content (AvgIpc) is 3.58. The van der Waals surface area contributed by atoms with Gasteiger partial charge < -0.3 is 28.7 Å². The van der Waals surface area contributed by atoms with Crippen LogP contribution in [-0.2, 0) is 4.74 Å². The molecule has 1 fully saturated rings. The van der Waals surface area contributed by atoms with E-state index in [1.54, 1.807) is 33.5 Å². The lowest BCUT2D eigenvalue weighted by molar-refractivity contribution is 0.0952. The average molecular weight is 459 g/mol. The van der Waals surface area contributed by atoms with Crippen LogP contribution >= 0.6 is 0 Å². The molecule has 7 heteroatoms. The number of carbonyl (C=O) groups is 1. The standard InChI is InChI=1S/C27H25NO6/c1-30-18-11-10-16(12-19(18)31-2)26-27(34-26)25(29)23-21(33-4)13-20(32-3)22-17(14-28-24(22)23)15-8-6-5-7-9-15/h5-14,26-28H,1-4H3/t26-,27+/m0/s1. The number of methoxy groups -OCH3 is 4. The van der Waals surface area contributed by atoms with Gasteiger partial charge in [0.25, 0.3) is 0 Å². The van der Waals surface area contributed by atoms with E-state index in [0.717, 1.165) is 22.1 Å². The molecule has 0 aliphatic carbocycles. The van der Waals surface area contributed by atoms with Crippen molar-refractivity contribution in [1.82, 2.24) is 4.98 Å². The van der Waals surface area contributed by atoms with Crippen LogP contribution < -0.4 is 18.9 Å². The highest BCUT2D eigenvalue weighted by Crippen LogP contribution is 2.47. The molecule has 0 radical (unpaired) electrons. The fourth-order valence-corrected chi connectivity index (χ4v) is 4.41. The van der Waals surface area contributed by atoms with Gasteiger partial charge in [-0.25, -0.2) is 0 Å². The number of nitrogens with one attached hydrogen (secondary N) is 1. The van der Waals surface area contributed by atoms with Crippen molar-refractivity contribution in [1.29, 1.82) is 0 Å². The second kappa shape index (κ2) is 8.76. The molecule has 1 aliphatic rings. The Balaban J connectivity index is 1.56. The van der Waals surface area contributed by atoms with Gasteiger partial charge in [0, 0.05) is 17.8 Å². The molecule has 34 heavy (non-hydrogen) atoms. The molecular weight excluding hydrogens is 434 g/mol. The topological polar surface area (TPSA) is 82.3 Å². The SMILES string of the molecule is COc1ccc([C@@H]2O[C@@H]2C(=O)c2c(OC)cc(OC)c3c(-c4ccccc4)c[nH]c23)cc1OC. The van der Waals surface area contributed by atoms with Crippen molar-refractivity contribution >= 4 is 16.7 Å². The zero-order valence-corrected chi connectivity index (χ0v) is 19.4. The highest BCUT2D eigenvalue weighted by molar-refractivity contribution is 6.16. The van der Waals surface area contributed by atoms with Crippen LogP contribution in [0.3, 0.4) is 0 Å². The van der Waals surface area contributed by atoms with Crippen LogP contribution in [0.15, 0.2) is 60.8 Å². The van der Waals surface area contributed by atoms with Gasteiger partial charge in [-0.05, 0) is 23.3 Å². The van der Waals surface area contributed by atoms with E-state index in [4.69, 9.17) is 23.7 Å². The first-order chi connectivity index (χ1) is 16.6. The molecule has 4 aromatic rings. The molecule has 1 aromatic heterocycles. The van der Waals surface area contributed by atoms with Crippen molar-refractivity contribution in [2.24, 2.45) is 0 Å². The van der Waals surface area contributed by atoms with Gasteiger partial charge in [0.1, 0.15) is 17.6 Å². The Morgan fingerprint density at radius 3 is 2.21 bits per heavy atom. The third kappa shape index (κ3) is 3.54. The summed E-state index contributed by atoms with van der Waals surface area (Å²) in [5.74, 6) is 2.09. The first-order valence-corrected chi connectivity index (χ1v) is 10.8. The minimum absolute atomic E-state index is 0.161. The maximum absolute atomic E-state index is 13.7. The first-order valence-electron chi connectivity index (χ1n) is 10.8. The van der Waals surface area contributed by atoms with Gasteiger partial charge in [-0.15, -0.1) is 0 Å². The van der Waals surface area contributed by atoms with Gasteiger partial charge in [-0.2, -0.15) is 0 Å². The van der Waals surface area contributed by atoms with E-state index >= 15 is 0 Å². The summed E-state index contributed by atoms with van der Waals surface area (Å²) in [6, 6.07) is 17.2. The molecule has 1 aliphatic heterocycles. The van der Waals surface area contributed by atoms with Crippen molar-refractivity contribution in [2.75, 3.05) is 28.4 Å². The molecule has 0 unspecified atom stereocenters. The molecule has 0 amide bonds. The van der Waals surface area contributed by atoms with Crippen molar-refractivity contribution in [3.8, 4) is 34.1 Å². The summed E-state index contributed by atoms with van der Waals surface area (Å²) in [5.41, 5.74) is 3.89. The zero-order valence-electron chi connectivity index (χ0n) is 19.4. The van der Waals surface area contributed by atoms with Gasteiger partial charge in [-0.3, -0.25) is 4.79 Å². The highest BCUT2D eigenvalue weighted by Gasteiger charge is 2.48. The van der Waals surface area contributed by atoms with Crippen molar-refractivity contribution in [3.05, 3.63) is 71.9 Å². The van der Waals surface area contributed by atoms with E-state index in [-0.39, 0.29) is 11.9 Å². The van der Waals surface area contributed by atoms with Crippen LogP contribution in [0.1, 0.15) is 22.0 Å². The molecule has 0 bridgehead atoms. The molecule has 7 nitrogen and oxygen atoms in total. The Morgan fingerprint density at radius 1 is 0.824 bits per heavy atom. The summed E-state index contributed by atoms with van der Waals surface area (Å²) in [6.07, 6.45) is 0.878. The summed E-state index contributed by atoms with van der Waals surface area (Å²) in [4.78, 5) is 17.0. The second-order valence-corrected chi connectivity index (χ2v) is 7.93. The number of hydrogen-bond donors (Lipinski definition) is 1. The molecule has 2 atom stereocenters. The molecule has 0 saturated carbocycles. The number of benzene rings is 3. The smallest absolute Gasteiger partial charge is 0.200 e. The second-order valence-electron chi connectivity index (χ2n) is 7.93. The zero-order chi connectivity index (χ0) is 23.8. The van der Waals surface area contributed by atoms with Crippen LogP contribution in [-0.4, -0.2) is 45.3 Å². The van der Waals surface area contributed by atoms with Crippen LogP contribution in [0.4, 0.5) is 0 Å². The van der Waals surface area contributed by atoms with Gasteiger partial charge in [0.05, 0.1) is 44.9 Å². The van der Waals surface area contributed by atoms with Crippen LogP contribution in [0.5, 0.6) is 23.0 Å². The molecule has 1 N–H and O–H groups in total. The summed E-state index contributed by atoms with van der Waals surface area (Å²) >= 11 is 0. The fourth-order valence-electron chi connectivity index (χ4n) is 4.41. The normalized spacial score (nSPS) is 16.8. The van der Waals surface area contributed by atoms with Crippen LogP contribution in [0.2, 0.25) is 0 Å². The Morgan fingerprint density at radius 2 is 1.53 bits per heavy atom.